The molecule has 0 saturated carbocycles. The van der Waals surface area contributed by atoms with Crippen LogP contribution < -0.4 is 14.5 Å². The summed E-state index contributed by atoms with van der Waals surface area (Å²) in [6, 6.07) is 12.1. The molecule has 2 aliphatic heterocycles. The van der Waals surface area contributed by atoms with Gasteiger partial charge in [-0.1, -0.05) is 23.2 Å². The van der Waals surface area contributed by atoms with Crippen molar-refractivity contribution in [2.75, 3.05) is 43.1 Å². The molecule has 0 spiro atoms. The molecule has 2 saturated heterocycles. The molecule has 0 radical (unpaired) electrons. The van der Waals surface area contributed by atoms with E-state index in [0.717, 1.165) is 18.8 Å². The first-order valence-corrected chi connectivity index (χ1v) is 10.2. The van der Waals surface area contributed by atoms with Gasteiger partial charge in [-0.25, -0.2) is 4.90 Å². The molecular weight excluding hydrogens is 413 g/mol. The van der Waals surface area contributed by atoms with Crippen molar-refractivity contribution in [2.24, 2.45) is 0 Å². The summed E-state index contributed by atoms with van der Waals surface area (Å²) in [4.78, 5) is 31.1. The van der Waals surface area contributed by atoms with Crippen molar-refractivity contribution in [2.45, 2.75) is 12.5 Å². The Balaban J connectivity index is 1.42. The maximum absolute atomic E-state index is 13.0. The van der Waals surface area contributed by atoms with Crippen molar-refractivity contribution >= 4 is 46.4 Å². The SMILES string of the molecule is COc1ccc(N2C(=O)C[C@@H](N3CCN(c4ccc(Cl)c(Cl)c4)CC3)C2=O)cc1. The summed E-state index contributed by atoms with van der Waals surface area (Å²) >= 11 is 12.1. The second-order valence-electron chi connectivity index (χ2n) is 7.11. The summed E-state index contributed by atoms with van der Waals surface area (Å²) in [5.41, 5.74) is 1.59. The highest BCUT2D eigenvalue weighted by atomic mass is 35.5. The maximum Gasteiger partial charge on any atom is 0.251 e. The molecule has 2 aromatic carbocycles. The van der Waals surface area contributed by atoms with Gasteiger partial charge in [-0.3, -0.25) is 14.5 Å². The van der Waals surface area contributed by atoms with Crippen LogP contribution in [0, 0.1) is 0 Å². The molecule has 2 heterocycles. The van der Waals surface area contributed by atoms with Gasteiger partial charge in [-0.15, -0.1) is 0 Å². The molecule has 29 heavy (non-hydrogen) atoms. The monoisotopic (exact) mass is 433 g/mol. The number of carbonyl (C=O) groups is 2. The second-order valence-corrected chi connectivity index (χ2v) is 7.92. The number of hydrogen-bond acceptors (Lipinski definition) is 5. The fourth-order valence-corrected chi connectivity index (χ4v) is 4.17. The maximum atomic E-state index is 13.0. The van der Waals surface area contributed by atoms with Crippen LogP contribution in [-0.2, 0) is 9.59 Å². The van der Waals surface area contributed by atoms with Crippen molar-refractivity contribution < 1.29 is 14.3 Å². The van der Waals surface area contributed by atoms with Gasteiger partial charge < -0.3 is 9.64 Å². The van der Waals surface area contributed by atoms with E-state index >= 15 is 0 Å². The van der Waals surface area contributed by atoms with Crippen molar-refractivity contribution in [1.82, 2.24) is 4.90 Å². The number of rotatable bonds is 4. The number of piperazine rings is 1. The predicted molar refractivity (Wildman–Crippen MR) is 114 cm³/mol. The zero-order valence-electron chi connectivity index (χ0n) is 16.0. The zero-order chi connectivity index (χ0) is 20.5. The normalized spacial score (nSPS) is 20.4. The number of hydrogen-bond donors (Lipinski definition) is 0. The molecule has 152 valence electrons. The Labute approximate surface area is 179 Å². The Kier molecular flexibility index (Phi) is 5.67. The number of halogens is 2. The molecule has 0 aliphatic carbocycles. The van der Waals surface area contributed by atoms with E-state index in [1.165, 1.54) is 4.90 Å². The first-order chi connectivity index (χ1) is 14.0. The lowest BCUT2D eigenvalue weighted by Gasteiger charge is -2.38. The zero-order valence-corrected chi connectivity index (χ0v) is 17.5. The number of methoxy groups -OCH3 is 1. The summed E-state index contributed by atoms with van der Waals surface area (Å²) in [5.74, 6) is 0.350. The summed E-state index contributed by atoms with van der Waals surface area (Å²) in [6.07, 6.45) is 0.206. The van der Waals surface area contributed by atoms with Gasteiger partial charge in [0.15, 0.2) is 0 Å². The van der Waals surface area contributed by atoms with Crippen molar-refractivity contribution in [3.8, 4) is 5.75 Å². The third-order valence-corrected chi connectivity index (χ3v) is 6.22. The molecule has 0 aromatic heterocycles. The van der Waals surface area contributed by atoms with Crippen molar-refractivity contribution in [1.29, 1.82) is 0 Å². The van der Waals surface area contributed by atoms with E-state index in [-0.39, 0.29) is 18.2 Å². The van der Waals surface area contributed by atoms with E-state index in [9.17, 15) is 9.59 Å². The molecular formula is C21H21Cl2N3O3. The van der Waals surface area contributed by atoms with Crippen LogP contribution in [0.15, 0.2) is 42.5 Å². The van der Waals surface area contributed by atoms with Crippen LogP contribution in [0.3, 0.4) is 0 Å². The third kappa shape index (κ3) is 3.92. The van der Waals surface area contributed by atoms with Crippen LogP contribution in [0.25, 0.3) is 0 Å². The Morgan fingerprint density at radius 2 is 1.55 bits per heavy atom. The molecule has 2 aromatic rings. The lowest BCUT2D eigenvalue weighted by atomic mass is 10.1. The average molecular weight is 434 g/mol. The number of ether oxygens (including phenoxy) is 1. The summed E-state index contributed by atoms with van der Waals surface area (Å²) < 4.78 is 5.15. The van der Waals surface area contributed by atoms with E-state index in [0.29, 0.717) is 34.6 Å². The molecule has 2 aliphatic rings. The molecule has 4 rings (SSSR count). The van der Waals surface area contributed by atoms with Crippen molar-refractivity contribution in [3.05, 3.63) is 52.5 Å². The van der Waals surface area contributed by atoms with E-state index in [1.54, 1.807) is 37.4 Å². The second kappa shape index (κ2) is 8.22. The number of anilines is 2. The van der Waals surface area contributed by atoms with Gasteiger partial charge in [0, 0.05) is 31.9 Å². The van der Waals surface area contributed by atoms with Gasteiger partial charge in [0.2, 0.25) is 5.91 Å². The molecule has 2 fully saturated rings. The minimum Gasteiger partial charge on any atom is -0.497 e. The number of nitrogens with zero attached hydrogens (tertiary/aromatic N) is 3. The van der Waals surface area contributed by atoms with Crippen LogP contribution in [0.2, 0.25) is 10.0 Å². The fraction of sp³-hybridized carbons (Fsp3) is 0.333. The van der Waals surface area contributed by atoms with E-state index < -0.39 is 6.04 Å². The van der Waals surface area contributed by atoms with Gasteiger partial charge in [0.1, 0.15) is 5.75 Å². The lowest BCUT2D eigenvalue weighted by Crippen LogP contribution is -2.52. The van der Waals surface area contributed by atoms with Gasteiger partial charge in [0.25, 0.3) is 5.91 Å². The summed E-state index contributed by atoms with van der Waals surface area (Å²) in [5, 5.41) is 1.06. The van der Waals surface area contributed by atoms with Crippen LogP contribution in [-0.4, -0.2) is 56.0 Å². The highest BCUT2D eigenvalue weighted by Gasteiger charge is 2.43. The van der Waals surface area contributed by atoms with Gasteiger partial charge in [-0.05, 0) is 42.5 Å². The Bertz CT molecular complexity index is 927. The smallest absolute Gasteiger partial charge is 0.251 e. The third-order valence-electron chi connectivity index (χ3n) is 5.48. The summed E-state index contributed by atoms with van der Waals surface area (Å²) in [7, 11) is 1.58. The first kappa shape index (κ1) is 20.0. The minimum absolute atomic E-state index is 0.164. The molecule has 1 atom stereocenters. The quantitative estimate of drug-likeness (QED) is 0.691. The fourth-order valence-electron chi connectivity index (χ4n) is 3.88. The van der Waals surface area contributed by atoms with E-state index in [2.05, 4.69) is 9.80 Å². The molecule has 0 N–H and O–H groups in total. The van der Waals surface area contributed by atoms with Crippen LogP contribution in [0.5, 0.6) is 5.75 Å². The Hall–Kier alpha value is -2.28. The number of benzene rings is 2. The van der Waals surface area contributed by atoms with Crippen LogP contribution in [0.4, 0.5) is 11.4 Å². The standard InChI is InChI=1S/C21H21Cl2N3O3/c1-29-16-5-2-14(3-6-16)26-20(27)13-19(21(26)28)25-10-8-24(9-11-25)15-4-7-17(22)18(23)12-15/h2-7,12,19H,8-11,13H2,1H3/t19-/m1/s1. The van der Waals surface area contributed by atoms with Gasteiger partial charge in [-0.2, -0.15) is 0 Å². The topological polar surface area (TPSA) is 53.1 Å². The summed E-state index contributed by atoms with van der Waals surface area (Å²) in [6.45, 7) is 2.89. The molecule has 6 nitrogen and oxygen atoms in total. The average Bonchev–Trinajstić information content (AvgIpc) is 3.04. The largest absolute Gasteiger partial charge is 0.497 e. The van der Waals surface area contributed by atoms with Gasteiger partial charge >= 0.3 is 0 Å². The first-order valence-electron chi connectivity index (χ1n) is 9.43. The van der Waals surface area contributed by atoms with Gasteiger partial charge in [0.05, 0.1) is 35.3 Å². The molecule has 2 amide bonds. The number of imide groups is 1. The van der Waals surface area contributed by atoms with Crippen LogP contribution >= 0.6 is 23.2 Å². The van der Waals surface area contributed by atoms with E-state index in [1.807, 2.05) is 12.1 Å². The Morgan fingerprint density at radius 1 is 0.897 bits per heavy atom. The lowest BCUT2D eigenvalue weighted by molar-refractivity contribution is -0.123. The number of carbonyl (C=O) groups excluding carboxylic acids is 2. The van der Waals surface area contributed by atoms with Crippen molar-refractivity contribution in [3.63, 3.8) is 0 Å². The Morgan fingerprint density at radius 3 is 2.17 bits per heavy atom. The highest BCUT2D eigenvalue weighted by Crippen LogP contribution is 2.30. The highest BCUT2D eigenvalue weighted by molar-refractivity contribution is 6.42. The molecule has 0 bridgehead atoms. The number of amides is 2. The predicted octanol–water partition coefficient (Wildman–Crippen LogP) is 3.46. The molecule has 0 unspecified atom stereocenters. The van der Waals surface area contributed by atoms with E-state index in [4.69, 9.17) is 27.9 Å². The van der Waals surface area contributed by atoms with Crippen LogP contribution in [0.1, 0.15) is 6.42 Å². The minimum atomic E-state index is -0.416. The molecule has 8 heteroatoms.